The van der Waals surface area contributed by atoms with E-state index in [2.05, 4.69) is 29.1 Å². The summed E-state index contributed by atoms with van der Waals surface area (Å²) in [5.41, 5.74) is 2.21. The summed E-state index contributed by atoms with van der Waals surface area (Å²) < 4.78 is 2.12. The Hall–Kier alpha value is -0.960. The van der Waals surface area contributed by atoms with Gasteiger partial charge in [-0.15, -0.1) is 12.6 Å². The predicted molar refractivity (Wildman–Crippen MR) is 57.3 cm³/mol. The van der Waals surface area contributed by atoms with E-state index in [-0.39, 0.29) is 0 Å². The average Bonchev–Trinajstić information content (AvgIpc) is 2.44. The molecule has 0 unspecified atom stereocenters. The van der Waals surface area contributed by atoms with Crippen molar-refractivity contribution in [2.75, 3.05) is 0 Å². The van der Waals surface area contributed by atoms with Crippen LogP contribution in [0.3, 0.4) is 0 Å². The highest BCUT2D eigenvalue weighted by atomic mass is 32.1. The summed E-state index contributed by atoms with van der Waals surface area (Å²) in [6.07, 6.45) is 0.965. The summed E-state index contributed by atoms with van der Waals surface area (Å²) in [5, 5.41) is 0. The fourth-order valence-corrected chi connectivity index (χ4v) is 1.74. The van der Waals surface area contributed by atoms with E-state index in [4.69, 9.17) is 0 Å². The lowest BCUT2D eigenvalue weighted by Crippen LogP contribution is -1.94. The first-order chi connectivity index (χ1) is 6.22. The Labute approximate surface area is 83.0 Å². The number of benzene rings is 1. The fraction of sp³-hybridized carbons (Fsp3) is 0.300. The topological polar surface area (TPSA) is 17.8 Å². The number of thiol groups is 1. The molecule has 13 heavy (non-hydrogen) atoms. The Bertz CT molecular complexity index is 445. The third-order valence-corrected chi connectivity index (χ3v) is 2.55. The van der Waals surface area contributed by atoms with E-state index in [9.17, 15) is 0 Å². The van der Waals surface area contributed by atoms with Gasteiger partial charge < -0.3 is 4.57 Å². The molecule has 0 N–H and O–H groups in total. The van der Waals surface area contributed by atoms with Crippen LogP contribution in [0.15, 0.2) is 23.1 Å². The summed E-state index contributed by atoms with van der Waals surface area (Å²) in [5.74, 6) is 1.12. The van der Waals surface area contributed by atoms with E-state index in [0.717, 1.165) is 28.2 Å². The van der Waals surface area contributed by atoms with E-state index in [1.165, 1.54) is 0 Å². The van der Waals surface area contributed by atoms with Gasteiger partial charge in [-0.05, 0) is 18.2 Å². The summed E-state index contributed by atoms with van der Waals surface area (Å²) >= 11 is 4.31. The zero-order chi connectivity index (χ0) is 9.42. The number of hydrogen-bond donors (Lipinski definition) is 1. The first kappa shape index (κ1) is 8.63. The summed E-state index contributed by atoms with van der Waals surface area (Å²) in [6, 6.07) is 6.03. The van der Waals surface area contributed by atoms with Crippen LogP contribution in [0, 0.1) is 0 Å². The number of rotatable bonds is 1. The second-order valence-electron chi connectivity index (χ2n) is 3.11. The zero-order valence-corrected chi connectivity index (χ0v) is 8.68. The van der Waals surface area contributed by atoms with Crippen molar-refractivity contribution in [3.8, 4) is 0 Å². The van der Waals surface area contributed by atoms with Crippen LogP contribution in [0.2, 0.25) is 0 Å². The Balaban J connectivity index is 2.77. The molecular weight excluding hydrogens is 180 g/mol. The number of imidazole rings is 1. The van der Waals surface area contributed by atoms with E-state index >= 15 is 0 Å². The van der Waals surface area contributed by atoms with Gasteiger partial charge in [-0.3, -0.25) is 0 Å². The number of fused-ring (bicyclic) bond motifs is 1. The molecular formula is C10H12N2S. The van der Waals surface area contributed by atoms with Gasteiger partial charge in [0, 0.05) is 18.4 Å². The minimum absolute atomic E-state index is 0.965. The third-order valence-electron chi connectivity index (χ3n) is 2.27. The molecule has 1 heterocycles. The van der Waals surface area contributed by atoms with Crippen LogP contribution < -0.4 is 0 Å². The number of nitrogens with zero attached hydrogens (tertiary/aromatic N) is 2. The molecule has 0 saturated heterocycles. The standard InChI is InChI=1S/C10H12N2S/c1-3-10-11-8-5-4-7(13)6-9(8)12(10)2/h4-6,13H,3H2,1-2H3. The van der Waals surface area contributed by atoms with Crippen LogP contribution in [0.4, 0.5) is 0 Å². The lowest BCUT2D eigenvalue weighted by molar-refractivity contribution is 0.828. The molecule has 0 saturated carbocycles. The Kier molecular flexibility index (Phi) is 2.04. The van der Waals surface area contributed by atoms with Crippen molar-refractivity contribution in [3.63, 3.8) is 0 Å². The van der Waals surface area contributed by atoms with Crippen molar-refractivity contribution < 1.29 is 0 Å². The molecule has 3 heteroatoms. The minimum atomic E-state index is 0.965. The minimum Gasteiger partial charge on any atom is -0.331 e. The maximum Gasteiger partial charge on any atom is 0.109 e. The van der Waals surface area contributed by atoms with E-state index < -0.39 is 0 Å². The Morgan fingerprint density at radius 1 is 1.46 bits per heavy atom. The van der Waals surface area contributed by atoms with E-state index in [1.54, 1.807) is 0 Å². The van der Waals surface area contributed by atoms with Crippen molar-refractivity contribution in [1.82, 2.24) is 9.55 Å². The van der Waals surface area contributed by atoms with Crippen molar-refractivity contribution in [2.24, 2.45) is 7.05 Å². The van der Waals surface area contributed by atoms with Gasteiger partial charge in [0.1, 0.15) is 5.82 Å². The summed E-state index contributed by atoms with van der Waals surface area (Å²) in [7, 11) is 2.04. The summed E-state index contributed by atoms with van der Waals surface area (Å²) in [6.45, 7) is 2.11. The molecule has 68 valence electrons. The molecule has 0 radical (unpaired) electrons. The number of aromatic nitrogens is 2. The van der Waals surface area contributed by atoms with Gasteiger partial charge in [0.15, 0.2) is 0 Å². The molecule has 2 aromatic rings. The maximum absolute atomic E-state index is 4.50. The Morgan fingerprint density at radius 2 is 2.23 bits per heavy atom. The van der Waals surface area contributed by atoms with Crippen molar-refractivity contribution in [3.05, 3.63) is 24.0 Å². The van der Waals surface area contributed by atoms with Crippen molar-refractivity contribution in [2.45, 2.75) is 18.2 Å². The molecule has 2 nitrogen and oxygen atoms in total. The van der Waals surface area contributed by atoms with Gasteiger partial charge in [-0.25, -0.2) is 4.98 Å². The highest BCUT2D eigenvalue weighted by Crippen LogP contribution is 2.18. The first-order valence-corrected chi connectivity index (χ1v) is 4.81. The molecule has 1 aromatic heterocycles. The lowest BCUT2D eigenvalue weighted by atomic mass is 10.3. The van der Waals surface area contributed by atoms with Gasteiger partial charge >= 0.3 is 0 Å². The second kappa shape index (κ2) is 3.07. The molecule has 0 bridgehead atoms. The number of hydrogen-bond acceptors (Lipinski definition) is 2. The fourth-order valence-electron chi connectivity index (χ4n) is 1.54. The van der Waals surface area contributed by atoms with Gasteiger partial charge in [-0.2, -0.15) is 0 Å². The van der Waals surface area contributed by atoms with Crippen LogP contribution in [0.1, 0.15) is 12.7 Å². The van der Waals surface area contributed by atoms with Crippen molar-refractivity contribution in [1.29, 1.82) is 0 Å². The molecule has 0 atom stereocenters. The molecule has 0 spiro atoms. The Morgan fingerprint density at radius 3 is 2.92 bits per heavy atom. The maximum atomic E-state index is 4.50. The first-order valence-electron chi connectivity index (χ1n) is 4.36. The quantitative estimate of drug-likeness (QED) is 0.687. The van der Waals surface area contributed by atoms with Gasteiger partial charge in [0.2, 0.25) is 0 Å². The highest BCUT2D eigenvalue weighted by Gasteiger charge is 2.04. The molecule has 2 rings (SSSR count). The average molecular weight is 192 g/mol. The van der Waals surface area contributed by atoms with Crippen LogP contribution in [-0.2, 0) is 13.5 Å². The molecule has 0 aliphatic heterocycles. The predicted octanol–water partition coefficient (Wildman–Crippen LogP) is 2.42. The molecule has 0 fully saturated rings. The second-order valence-corrected chi connectivity index (χ2v) is 3.63. The highest BCUT2D eigenvalue weighted by molar-refractivity contribution is 7.80. The van der Waals surface area contributed by atoms with Crippen LogP contribution in [0.5, 0.6) is 0 Å². The van der Waals surface area contributed by atoms with Gasteiger partial charge in [0.25, 0.3) is 0 Å². The monoisotopic (exact) mass is 192 g/mol. The van der Waals surface area contributed by atoms with Crippen LogP contribution in [0.25, 0.3) is 11.0 Å². The molecule has 0 amide bonds. The smallest absolute Gasteiger partial charge is 0.109 e. The zero-order valence-electron chi connectivity index (χ0n) is 7.78. The SMILES string of the molecule is CCc1nc2ccc(S)cc2n1C. The van der Waals surface area contributed by atoms with Crippen LogP contribution in [-0.4, -0.2) is 9.55 Å². The third kappa shape index (κ3) is 1.33. The van der Waals surface area contributed by atoms with E-state index in [0.29, 0.717) is 0 Å². The van der Waals surface area contributed by atoms with E-state index in [1.807, 2.05) is 25.2 Å². The van der Waals surface area contributed by atoms with Gasteiger partial charge in [0.05, 0.1) is 11.0 Å². The van der Waals surface area contributed by atoms with Crippen molar-refractivity contribution >= 4 is 23.7 Å². The molecule has 0 aliphatic carbocycles. The number of aryl methyl sites for hydroxylation is 2. The van der Waals surface area contributed by atoms with Crippen LogP contribution >= 0.6 is 12.6 Å². The molecule has 1 aromatic carbocycles. The normalized spacial score (nSPS) is 11.0. The largest absolute Gasteiger partial charge is 0.331 e. The lowest BCUT2D eigenvalue weighted by Gasteiger charge is -1.98. The molecule has 0 aliphatic rings. The summed E-state index contributed by atoms with van der Waals surface area (Å²) in [4.78, 5) is 5.49. The van der Waals surface area contributed by atoms with Gasteiger partial charge in [-0.1, -0.05) is 6.92 Å².